The molecule has 180 valence electrons. The van der Waals surface area contributed by atoms with E-state index in [-0.39, 0.29) is 40.3 Å². The summed E-state index contributed by atoms with van der Waals surface area (Å²) in [7, 11) is 0. The number of benzene rings is 1. The van der Waals surface area contributed by atoms with Crippen molar-refractivity contribution in [2.45, 2.75) is 19.1 Å². The molecule has 4 N–H and O–H groups in total. The lowest BCUT2D eigenvalue weighted by Gasteiger charge is -2.13. The molecule has 0 aliphatic rings. The lowest BCUT2D eigenvalue weighted by molar-refractivity contribution is -0.137. The van der Waals surface area contributed by atoms with Gasteiger partial charge in [0.1, 0.15) is 27.1 Å². The second kappa shape index (κ2) is 10.8. The fourth-order valence-corrected chi connectivity index (χ4v) is 3.78. The number of alkyl halides is 3. The Hall–Kier alpha value is -3.29. The van der Waals surface area contributed by atoms with E-state index in [2.05, 4.69) is 30.9 Å². The number of aliphatic hydroxyl groups excluding tert-OH is 1. The number of thiazole rings is 1. The molecule has 0 fully saturated rings. The van der Waals surface area contributed by atoms with Crippen LogP contribution in [0.4, 0.5) is 24.7 Å². The average Bonchev–Trinajstić information content (AvgIpc) is 3.29. The van der Waals surface area contributed by atoms with Crippen LogP contribution in [0.2, 0.25) is 5.02 Å². The van der Waals surface area contributed by atoms with E-state index in [9.17, 15) is 22.8 Å². The van der Waals surface area contributed by atoms with E-state index in [1.54, 1.807) is 6.92 Å². The molecule has 2 heterocycles. The second-order valence-corrected chi connectivity index (χ2v) is 8.27. The third-order valence-electron chi connectivity index (χ3n) is 4.32. The first-order chi connectivity index (χ1) is 16.1. The standard InChI is InChI=1S/C20H18ClF3N6O3S/c1-10(29-18(33)15-14(21)16(25-5-6-31)28-9-27-15)19-26-8-13(34-19)17(32)30-12-4-2-3-11(7-12)20(22,23)24/h2-4,7-10,31H,5-6H2,1H3,(H,29,33)(H,30,32)(H,25,27,28). The number of halogens is 4. The van der Waals surface area contributed by atoms with Gasteiger partial charge >= 0.3 is 6.18 Å². The number of aliphatic hydroxyl groups is 1. The van der Waals surface area contributed by atoms with Crippen molar-refractivity contribution in [2.24, 2.45) is 0 Å². The Morgan fingerprint density at radius 2 is 1.97 bits per heavy atom. The van der Waals surface area contributed by atoms with Gasteiger partial charge in [-0.3, -0.25) is 9.59 Å². The van der Waals surface area contributed by atoms with Gasteiger partial charge in [-0.25, -0.2) is 15.0 Å². The highest BCUT2D eigenvalue weighted by Crippen LogP contribution is 2.31. The van der Waals surface area contributed by atoms with Gasteiger partial charge in [0.15, 0.2) is 5.69 Å². The molecule has 3 aromatic rings. The maximum absolute atomic E-state index is 12.9. The van der Waals surface area contributed by atoms with Gasteiger partial charge in [0, 0.05) is 12.2 Å². The van der Waals surface area contributed by atoms with Crippen LogP contribution in [-0.2, 0) is 6.18 Å². The van der Waals surface area contributed by atoms with Crippen LogP contribution in [0.3, 0.4) is 0 Å². The maximum Gasteiger partial charge on any atom is 0.416 e. The van der Waals surface area contributed by atoms with Crippen LogP contribution in [0, 0.1) is 0 Å². The minimum Gasteiger partial charge on any atom is -0.395 e. The number of carbonyl (C=O) groups is 2. The Labute approximate surface area is 200 Å². The first-order valence-corrected chi connectivity index (χ1v) is 10.9. The minimum absolute atomic E-state index is 0.0138. The fourth-order valence-electron chi connectivity index (χ4n) is 2.71. The van der Waals surface area contributed by atoms with Crippen molar-refractivity contribution in [3.05, 3.63) is 63.0 Å². The van der Waals surface area contributed by atoms with E-state index in [4.69, 9.17) is 16.7 Å². The van der Waals surface area contributed by atoms with Crippen molar-refractivity contribution in [1.29, 1.82) is 0 Å². The van der Waals surface area contributed by atoms with Crippen molar-refractivity contribution >= 4 is 46.3 Å². The maximum atomic E-state index is 12.9. The van der Waals surface area contributed by atoms with Gasteiger partial charge in [-0.1, -0.05) is 17.7 Å². The normalized spacial score (nSPS) is 12.2. The molecular formula is C20H18ClF3N6O3S. The molecule has 0 aliphatic heterocycles. The van der Waals surface area contributed by atoms with Gasteiger partial charge in [-0.15, -0.1) is 11.3 Å². The molecule has 0 saturated heterocycles. The molecule has 0 saturated carbocycles. The number of carbonyl (C=O) groups excluding carboxylic acids is 2. The summed E-state index contributed by atoms with van der Waals surface area (Å²) >= 11 is 7.13. The number of nitrogens with one attached hydrogen (secondary N) is 3. The Morgan fingerprint density at radius 3 is 2.68 bits per heavy atom. The summed E-state index contributed by atoms with van der Waals surface area (Å²) in [5.41, 5.74) is -0.993. The zero-order chi connectivity index (χ0) is 24.9. The summed E-state index contributed by atoms with van der Waals surface area (Å²) in [6, 6.07) is 3.63. The van der Waals surface area contributed by atoms with E-state index in [1.807, 2.05) is 0 Å². The number of nitrogens with zero attached hydrogens (tertiary/aromatic N) is 3. The summed E-state index contributed by atoms with van der Waals surface area (Å²) < 4.78 is 38.6. The van der Waals surface area contributed by atoms with Crippen molar-refractivity contribution in [3.63, 3.8) is 0 Å². The van der Waals surface area contributed by atoms with Crippen LogP contribution in [0.1, 0.15) is 43.7 Å². The van der Waals surface area contributed by atoms with Gasteiger partial charge in [-0.2, -0.15) is 13.2 Å². The van der Waals surface area contributed by atoms with Crippen LogP contribution in [0.15, 0.2) is 36.8 Å². The zero-order valence-corrected chi connectivity index (χ0v) is 19.1. The van der Waals surface area contributed by atoms with Crippen LogP contribution in [-0.4, -0.2) is 45.0 Å². The highest BCUT2D eigenvalue weighted by molar-refractivity contribution is 7.13. The number of hydrogen-bond donors (Lipinski definition) is 4. The predicted octanol–water partition coefficient (Wildman–Crippen LogP) is 3.75. The SMILES string of the molecule is CC(NC(=O)c1ncnc(NCCO)c1Cl)c1ncc(C(=O)Nc2cccc(C(F)(F)F)c2)s1. The van der Waals surface area contributed by atoms with Crippen molar-refractivity contribution in [2.75, 3.05) is 23.8 Å². The first kappa shape index (κ1) is 25.3. The third-order valence-corrected chi connectivity index (χ3v) is 5.86. The molecule has 0 radical (unpaired) electrons. The highest BCUT2D eigenvalue weighted by atomic mass is 35.5. The number of aromatic nitrogens is 3. The number of amides is 2. The second-order valence-electron chi connectivity index (χ2n) is 6.83. The molecule has 2 aromatic heterocycles. The summed E-state index contributed by atoms with van der Waals surface area (Å²) in [6.07, 6.45) is -2.13. The molecule has 1 unspecified atom stereocenters. The summed E-state index contributed by atoms with van der Waals surface area (Å²) in [5.74, 6) is -1.07. The Kier molecular flexibility index (Phi) is 8.02. The van der Waals surface area contributed by atoms with Crippen molar-refractivity contribution < 1.29 is 27.9 Å². The van der Waals surface area contributed by atoms with E-state index in [0.29, 0.717) is 5.01 Å². The molecule has 1 atom stereocenters. The molecular weight excluding hydrogens is 497 g/mol. The molecule has 3 rings (SSSR count). The molecule has 0 aliphatic carbocycles. The monoisotopic (exact) mass is 514 g/mol. The topological polar surface area (TPSA) is 129 Å². The van der Waals surface area contributed by atoms with Crippen molar-refractivity contribution in [1.82, 2.24) is 20.3 Å². The number of rotatable bonds is 8. The van der Waals surface area contributed by atoms with E-state index < -0.39 is 29.6 Å². The summed E-state index contributed by atoms with van der Waals surface area (Å²) in [5, 5.41) is 17.1. The number of anilines is 2. The van der Waals surface area contributed by atoms with E-state index >= 15 is 0 Å². The van der Waals surface area contributed by atoms with E-state index in [0.717, 1.165) is 29.8 Å². The van der Waals surface area contributed by atoms with Crippen molar-refractivity contribution in [3.8, 4) is 0 Å². The van der Waals surface area contributed by atoms with Gasteiger partial charge in [0.2, 0.25) is 0 Å². The fraction of sp³-hybridized carbons (Fsp3) is 0.250. The van der Waals surface area contributed by atoms with Gasteiger partial charge in [-0.05, 0) is 25.1 Å². The highest BCUT2D eigenvalue weighted by Gasteiger charge is 2.30. The first-order valence-electron chi connectivity index (χ1n) is 9.70. The molecule has 1 aromatic carbocycles. The molecule has 34 heavy (non-hydrogen) atoms. The lowest BCUT2D eigenvalue weighted by atomic mass is 10.2. The smallest absolute Gasteiger partial charge is 0.395 e. The summed E-state index contributed by atoms with van der Waals surface area (Å²) in [6.45, 7) is 1.65. The number of hydrogen-bond acceptors (Lipinski definition) is 8. The van der Waals surface area contributed by atoms with E-state index in [1.165, 1.54) is 18.3 Å². The molecule has 14 heteroatoms. The average molecular weight is 515 g/mol. The molecule has 9 nitrogen and oxygen atoms in total. The molecule has 0 spiro atoms. The molecule has 2 amide bonds. The van der Waals surface area contributed by atoms with Crippen LogP contribution in [0.25, 0.3) is 0 Å². The largest absolute Gasteiger partial charge is 0.416 e. The Bertz CT molecular complexity index is 1190. The van der Waals surface area contributed by atoms with Crippen LogP contribution < -0.4 is 16.0 Å². The zero-order valence-electron chi connectivity index (χ0n) is 17.5. The van der Waals surface area contributed by atoms with Crippen LogP contribution in [0.5, 0.6) is 0 Å². The van der Waals surface area contributed by atoms with Gasteiger partial charge in [0.25, 0.3) is 11.8 Å². The third kappa shape index (κ3) is 6.18. The van der Waals surface area contributed by atoms with Gasteiger partial charge in [0.05, 0.1) is 24.4 Å². The Balaban J connectivity index is 1.67. The van der Waals surface area contributed by atoms with Crippen LogP contribution >= 0.6 is 22.9 Å². The lowest BCUT2D eigenvalue weighted by Crippen LogP contribution is -2.28. The molecule has 0 bridgehead atoms. The minimum atomic E-state index is -4.53. The van der Waals surface area contributed by atoms with Gasteiger partial charge < -0.3 is 21.1 Å². The predicted molar refractivity (Wildman–Crippen MR) is 120 cm³/mol. The summed E-state index contributed by atoms with van der Waals surface area (Å²) in [4.78, 5) is 37.1. The quantitative estimate of drug-likeness (QED) is 0.360. The Morgan fingerprint density at radius 1 is 1.21 bits per heavy atom.